The summed E-state index contributed by atoms with van der Waals surface area (Å²) in [6, 6.07) is 3.65. The lowest BCUT2D eigenvalue weighted by Gasteiger charge is -2.38. The number of likely N-dealkylation sites (tertiary alicyclic amines) is 1. The predicted octanol–water partition coefficient (Wildman–Crippen LogP) is 3.40. The highest BCUT2D eigenvalue weighted by molar-refractivity contribution is 14.0. The fourth-order valence-corrected chi connectivity index (χ4v) is 4.02. The normalized spacial score (nSPS) is 19.2. The number of rotatable bonds is 5. The Morgan fingerprint density at radius 2 is 1.79 bits per heavy atom. The van der Waals surface area contributed by atoms with Crippen molar-refractivity contribution < 1.29 is 8.78 Å². The van der Waals surface area contributed by atoms with E-state index >= 15 is 0 Å². The van der Waals surface area contributed by atoms with Crippen LogP contribution in [0.5, 0.6) is 0 Å². The van der Waals surface area contributed by atoms with E-state index in [-0.39, 0.29) is 29.8 Å². The molecule has 0 saturated carbocycles. The van der Waals surface area contributed by atoms with Crippen LogP contribution in [0.25, 0.3) is 0 Å². The summed E-state index contributed by atoms with van der Waals surface area (Å²) in [4.78, 5) is 11.4. The van der Waals surface area contributed by atoms with E-state index in [9.17, 15) is 8.78 Å². The van der Waals surface area contributed by atoms with Crippen LogP contribution in [0.1, 0.15) is 26.2 Å². The van der Waals surface area contributed by atoms with E-state index in [1.807, 2.05) is 4.90 Å². The van der Waals surface area contributed by atoms with Crippen LogP contribution in [0, 0.1) is 17.6 Å². The van der Waals surface area contributed by atoms with Gasteiger partial charge in [-0.05, 0) is 64.4 Å². The molecule has 5 nitrogen and oxygen atoms in total. The molecule has 164 valence electrons. The van der Waals surface area contributed by atoms with Gasteiger partial charge < -0.3 is 20.0 Å². The second-order valence-corrected chi connectivity index (χ2v) is 7.84. The van der Waals surface area contributed by atoms with E-state index in [4.69, 9.17) is 4.99 Å². The monoisotopic (exact) mass is 521 g/mol. The van der Waals surface area contributed by atoms with E-state index in [0.29, 0.717) is 18.8 Å². The van der Waals surface area contributed by atoms with Crippen LogP contribution in [-0.4, -0.2) is 75.2 Å². The number of hydrogen-bond acceptors (Lipinski definition) is 3. The molecule has 0 radical (unpaired) electrons. The number of nitrogens with zero attached hydrogens (tertiary/aromatic N) is 4. The lowest BCUT2D eigenvalue weighted by molar-refractivity contribution is 0.214. The van der Waals surface area contributed by atoms with Crippen LogP contribution in [-0.2, 0) is 0 Å². The summed E-state index contributed by atoms with van der Waals surface area (Å²) >= 11 is 0. The number of benzene rings is 1. The zero-order valence-corrected chi connectivity index (χ0v) is 19.9. The standard InChI is InChI=1S/C21H33F2N5.HI/c1-3-24-21(25-9-6-17-7-10-26(2)11-8-17)28-14-12-27(13-15-28)20-16-18(22)4-5-19(20)23;/h4-5,16-17H,3,6-15H2,1-2H3,(H,24,25);1H. The fraction of sp³-hybridized carbons (Fsp3) is 0.667. The molecule has 1 N–H and O–H groups in total. The van der Waals surface area contributed by atoms with Gasteiger partial charge in [-0.15, -0.1) is 24.0 Å². The number of nitrogens with one attached hydrogen (secondary N) is 1. The molecule has 3 rings (SSSR count). The third kappa shape index (κ3) is 6.94. The molecule has 2 heterocycles. The van der Waals surface area contributed by atoms with Crippen LogP contribution < -0.4 is 10.2 Å². The zero-order valence-electron chi connectivity index (χ0n) is 17.5. The lowest BCUT2D eigenvalue weighted by Crippen LogP contribution is -2.52. The molecule has 8 heteroatoms. The van der Waals surface area contributed by atoms with Crippen molar-refractivity contribution in [3.05, 3.63) is 29.8 Å². The molecule has 2 saturated heterocycles. The Balaban J connectivity index is 0.00000300. The largest absolute Gasteiger partial charge is 0.366 e. The molecule has 0 bridgehead atoms. The number of piperidine rings is 1. The van der Waals surface area contributed by atoms with Gasteiger partial charge in [0.05, 0.1) is 5.69 Å². The zero-order chi connectivity index (χ0) is 19.9. The Morgan fingerprint density at radius 3 is 2.45 bits per heavy atom. The van der Waals surface area contributed by atoms with E-state index in [2.05, 4.69) is 29.1 Å². The van der Waals surface area contributed by atoms with Gasteiger partial charge in [-0.1, -0.05) is 0 Å². The summed E-state index contributed by atoms with van der Waals surface area (Å²) in [6.45, 7) is 8.91. The van der Waals surface area contributed by atoms with Crippen LogP contribution in [0.4, 0.5) is 14.5 Å². The first kappa shape index (κ1) is 24.1. The molecule has 0 amide bonds. The van der Waals surface area contributed by atoms with Crippen molar-refractivity contribution in [1.82, 2.24) is 15.1 Å². The van der Waals surface area contributed by atoms with Crippen molar-refractivity contribution in [2.75, 3.05) is 64.3 Å². The highest BCUT2D eigenvalue weighted by atomic mass is 127. The molecule has 0 aromatic heterocycles. The maximum Gasteiger partial charge on any atom is 0.194 e. The molecular weight excluding hydrogens is 487 g/mol. The maximum atomic E-state index is 14.0. The lowest BCUT2D eigenvalue weighted by atomic mass is 9.94. The van der Waals surface area contributed by atoms with E-state index in [1.54, 1.807) is 0 Å². The van der Waals surface area contributed by atoms with Crippen LogP contribution >= 0.6 is 24.0 Å². The average Bonchev–Trinajstić information content (AvgIpc) is 2.71. The third-order valence-corrected chi connectivity index (χ3v) is 5.80. The van der Waals surface area contributed by atoms with Crippen molar-refractivity contribution in [3.63, 3.8) is 0 Å². The first-order valence-corrected chi connectivity index (χ1v) is 10.5. The summed E-state index contributed by atoms with van der Waals surface area (Å²) in [5.74, 6) is 0.946. The van der Waals surface area contributed by atoms with Crippen LogP contribution in [0.2, 0.25) is 0 Å². The summed E-state index contributed by atoms with van der Waals surface area (Å²) < 4.78 is 27.5. The number of guanidine groups is 1. The number of anilines is 1. The van der Waals surface area contributed by atoms with Gasteiger partial charge in [0.25, 0.3) is 0 Å². The van der Waals surface area contributed by atoms with Crippen molar-refractivity contribution in [2.45, 2.75) is 26.2 Å². The molecule has 0 aliphatic carbocycles. The molecular formula is C21H34F2IN5. The Bertz CT molecular complexity index is 656. The first-order chi connectivity index (χ1) is 13.6. The summed E-state index contributed by atoms with van der Waals surface area (Å²) in [6.07, 6.45) is 3.66. The minimum Gasteiger partial charge on any atom is -0.366 e. The second kappa shape index (κ2) is 11.9. The van der Waals surface area contributed by atoms with Gasteiger partial charge >= 0.3 is 0 Å². The minimum atomic E-state index is -0.400. The number of aliphatic imine (C=N–C) groups is 1. The van der Waals surface area contributed by atoms with Gasteiger partial charge in [-0.25, -0.2) is 8.78 Å². The molecule has 0 atom stereocenters. The maximum absolute atomic E-state index is 14.0. The smallest absolute Gasteiger partial charge is 0.194 e. The van der Waals surface area contributed by atoms with Crippen LogP contribution in [0.15, 0.2) is 23.2 Å². The van der Waals surface area contributed by atoms with Gasteiger partial charge in [0.15, 0.2) is 5.96 Å². The molecule has 0 spiro atoms. The molecule has 0 unspecified atom stereocenters. The van der Waals surface area contributed by atoms with E-state index in [1.165, 1.54) is 38.1 Å². The highest BCUT2D eigenvalue weighted by Gasteiger charge is 2.22. The average molecular weight is 521 g/mol. The summed E-state index contributed by atoms with van der Waals surface area (Å²) in [7, 11) is 2.19. The molecule has 2 aliphatic rings. The minimum absolute atomic E-state index is 0. The molecule has 2 aliphatic heterocycles. The summed E-state index contributed by atoms with van der Waals surface area (Å²) in [5.41, 5.74) is 0.351. The van der Waals surface area contributed by atoms with Gasteiger partial charge in [0, 0.05) is 45.3 Å². The summed E-state index contributed by atoms with van der Waals surface area (Å²) in [5, 5.41) is 3.39. The van der Waals surface area contributed by atoms with Crippen molar-refractivity contribution >= 4 is 35.6 Å². The van der Waals surface area contributed by atoms with E-state index < -0.39 is 5.82 Å². The molecule has 29 heavy (non-hydrogen) atoms. The van der Waals surface area contributed by atoms with Crippen molar-refractivity contribution in [2.24, 2.45) is 10.9 Å². The number of hydrogen-bond donors (Lipinski definition) is 1. The Kier molecular flexibility index (Phi) is 9.88. The van der Waals surface area contributed by atoms with Crippen LogP contribution in [0.3, 0.4) is 0 Å². The number of halogens is 3. The second-order valence-electron chi connectivity index (χ2n) is 7.84. The fourth-order valence-electron chi connectivity index (χ4n) is 4.02. The Labute approximate surface area is 190 Å². The highest BCUT2D eigenvalue weighted by Crippen LogP contribution is 2.22. The predicted molar refractivity (Wildman–Crippen MR) is 126 cm³/mol. The Hall–Kier alpha value is -1.16. The van der Waals surface area contributed by atoms with Gasteiger partial charge in [-0.2, -0.15) is 0 Å². The van der Waals surface area contributed by atoms with Crippen molar-refractivity contribution in [3.8, 4) is 0 Å². The SMILES string of the molecule is CCNC(=NCCC1CCN(C)CC1)N1CCN(c2cc(F)ccc2F)CC1.I. The Morgan fingerprint density at radius 1 is 1.10 bits per heavy atom. The quantitative estimate of drug-likeness (QED) is 0.366. The third-order valence-electron chi connectivity index (χ3n) is 5.80. The first-order valence-electron chi connectivity index (χ1n) is 10.5. The topological polar surface area (TPSA) is 34.1 Å². The molecule has 1 aromatic rings. The van der Waals surface area contributed by atoms with Crippen molar-refractivity contribution in [1.29, 1.82) is 0 Å². The number of piperazine rings is 1. The van der Waals surface area contributed by atoms with Gasteiger partial charge in [-0.3, -0.25) is 4.99 Å². The molecule has 1 aromatic carbocycles. The van der Waals surface area contributed by atoms with Gasteiger partial charge in [0.2, 0.25) is 0 Å². The molecule has 2 fully saturated rings. The van der Waals surface area contributed by atoms with Gasteiger partial charge in [0.1, 0.15) is 11.6 Å². The van der Waals surface area contributed by atoms with E-state index in [0.717, 1.165) is 50.5 Å².